The molecule has 0 bridgehead atoms. The van der Waals surface area contributed by atoms with Gasteiger partial charge in [-0.15, -0.1) is 0 Å². The zero-order valence-corrected chi connectivity index (χ0v) is 13.9. The van der Waals surface area contributed by atoms with Gasteiger partial charge >= 0.3 is 0 Å². The standard InChI is InChI=1S/C20H22O3/c1-4-14-6-11-18(15(5-2)12-14)20(22)13-19(21)16-7-9-17(23-3)10-8-16/h6-12H,4-5,13H2,1-3H3. The molecule has 0 atom stereocenters. The molecule has 0 N–H and O–H groups in total. The molecule has 3 heteroatoms. The summed E-state index contributed by atoms with van der Waals surface area (Å²) in [6, 6.07) is 12.7. The van der Waals surface area contributed by atoms with Crippen LogP contribution in [-0.2, 0) is 12.8 Å². The first-order valence-electron chi connectivity index (χ1n) is 7.91. The number of benzene rings is 2. The first kappa shape index (κ1) is 16.9. The van der Waals surface area contributed by atoms with Crippen molar-refractivity contribution in [1.29, 1.82) is 0 Å². The van der Waals surface area contributed by atoms with Gasteiger partial charge in [0, 0.05) is 11.1 Å². The SMILES string of the molecule is CCc1ccc(C(=O)CC(=O)c2ccc(OC)cc2)c(CC)c1. The van der Waals surface area contributed by atoms with Crippen LogP contribution in [0.1, 0.15) is 52.1 Å². The second kappa shape index (κ2) is 7.73. The lowest BCUT2D eigenvalue weighted by molar-refractivity contribution is 0.0894. The maximum Gasteiger partial charge on any atom is 0.170 e. The Hall–Kier alpha value is -2.42. The van der Waals surface area contributed by atoms with Crippen LogP contribution in [0.4, 0.5) is 0 Å². The van der Waals surface area contributed by atoms with Gasteiger partial charge in [0.15, 0.2) is 11.6 Å². The van der Waals surface area contributed by atoms with E-state index < -0.39 is 0 Å². The van der Waals surface area contributed by atoms with Gasteiger partial charge in [-0.05, 0) is 48.2 Å². The van der Waals surface area contributed by atoms with Crippen molar-refractivity contribution >= 4 is 11.6 Å². The van der Waals surface area contributed by atoms with Gasteiger partial charge in [-0.2, -0.15) is 0 Å². The lowest BCUT2D eigenvalue weighted by Crippen LogP contribution is -2.11. The van der Waals surface area contributed by atoms with Gasteiger partial charge in [0.2, 0.25) is 0 Å². The Bertz CT molecular complexity index is 699. The minimum Gasteiger partial charge on any atom is -0.497 e. The fourth-order valence-corrected chi connectivity index (χ4v) is 2.55. The van der Waals surface area contributed by atoms with Crippen molar-refractivity contribution in [1.82, 2.24) is 0 Å². The number of aryl methyl sites for hydroxylation is 2. The minimum absolute atomic E-state index is 0.106. The molecule has 3 nitrogen and oxygen atoms in total. The predicted octanol–water partition coefficient (Wildman–Crippen LogP) is 4.28. The summed E-state index contributed by atoms with van der Waals surface area (Å²) in [5, 5.41) is 0. The van der Waals surface area contributed by atoms with Crippen LogP contribution in [0.5, 0.6) is 5.75 Å². The van der Waals surface area contributed by atoms with Crippen molar-refractivity contribution in [3.63, 3.8) is 0 Å². The monoisotopic (exact) mass is 310 g/mol. The second-order valence-electron chi connectivity index (χ2n) is 5.45. The number of carbonyl (C=O) groups excluding carboxylic acids is 2. The Morgan fingerprint density at radius 2 is 1.61 bits per heavy atom. The molecule has 2 aromatic rings. The van der Waals surface area contributed by atoms with E-state index in [1.165, 1.54) is 5.56 Å². The molecular weight excluding hydrogens is 288 g/mol. The molecular formula is C20H22O3. The number of carbonyl (C=O) groups is 2. The molecule has 0 radical (unpaired) electrons. The maximum atomic E-state index is 12.5. The first-order chi connectivity index (χ1) is 11.1. The number of rotatable bonds is 7. The fraction of sp³-hybridized carbons (Fsp3) is 0.300. The normalized spacial score (nSPS) is 10.4. The van der Waals surface area contributed by atoms with Gasteiger partial charge in [0.1, 0.15) is 5.75 Å². The van der Waals surface area contributed by atoms with Gasteiger partial charge in [0.25, 0.3) is 0 Å². The molecule has 0 heterocycles. The lowest BCUT2D eigenvalue weighted by atomic mass is 9.94. The minimum atomic E-state index is -0.167. The Morgan fingerprint density at radius 3 is 2.17 bits per heavy atom. The highest BCUT2D eigenvalue weighted by molar-refractivity contribution is 6.14. The summed E-state index contributed by atoms with van der Waals surface area (Å²) < 4.78 is 5.07. The van der Waals surface area contributed by atoms with E-state index in [-0.39, 0.29) is 18.0 Å². The van der Waals surface area contributed by atoms with Crippen LogP contribution in [0.3, 0.4) is 0 Å². The van der Waals surface area contributed by atoms with E-state index in [0.29, 0.717) is 16.9 Å². The third-order valence-electron chi connectivity index (χ3n) is 3.99. The molecule has 0 saturated carbocycles. The second-order valence-corrected chi connectivity index (χ2v) is 5.45. The molecule has 23 heavy (non-hydrogen) atoms. The Labute approximate surface area is 137 Å². The highest BCUT2D eigenvalue weighted by atomic mass is 16.5. The largest absolute Gasteiger partial charge is 0.497 e. The average molecular weight is 310 g/mol. The third kappa shape index (κ3) is 4.07. The highest BCUT2D eigenvalue weighted by Crippen LogP contribution is 2.18. The molecule has 0 unspecified atom stereocenters. The number of methoxy groups -OCH3 is 1. The molecule has 120 valence electrons. The summed E-state index contributed by atoms with van der Waals surface area (Å²) in [5.41, 5.74) is 3.41. The predicted molar refractivity (Wildman–Crippen MR) is 91.5 cm³/mol. The smallest absolute Gasteiger partial charge is 0.170 e. The van der Waals surface area contributed by atoms with Gasteiger partial charge < -0.3 is 4.74 Å². The average Bonchev–Trinajstić information content (AvgIpc) is 2.60. The summed E-state index contributed by atoms with van der Waals surface area (Å²) in [7, 11) is 1.58. The van der Waals surface area contributed by atoms with Crippen LogP contribution < -0.4 is 4.74 Å². The Morgan fingerprint density at radius 1 is 0.913 bits per heavy atom. The molecule has 0 fully saturated rings. The number of ketones is 2. The molecule has 2 rings (SSSR count). The fourth-order valence-electron chi connectivity index (χ4n) is 2.55. The van der Waals surface area contributed by atoms with Crippen molar-refractivity contribution in [2.75, 3.05) is 7.11 Å². The van der Waals surface area contributed by atoms with Crippen molar-refractivity contribution in [2.45, 2.75) is 33.1 Å². The number of Topliss-reactive ketones (excluding diaryl/α,β-unsaturated/α-hetero) is 2. The van der Waals surface area contributed by atoms with Crippen LogP contribution in [0, 0.1) is 0 Å². The molecule has 0 aromatic heterocycles. The van der Waals surface area contributed by atoms with Crippen molar-refractivity contribution < 1.29 is 14.3 Å². The van der Waals surface area contributed by atoms with Gasteiger partial charge in [0.05, 0.1) is 13.5 Å². The summed E-state index contributed by atoms with van der Waals surface area (Å²) in [6.45, 7) is 4.11. The van der Waals surface area contributed by atoms with E-state index in [1.807, 2.05) is 19.1 Å². The van der Waals surface area contributed by atoms with E-state index in [4.69, 9.17) is 4.74 Å². The van der Waals surface area contributed by atoms with Gasteiger partial charge in [-0.25, -0.2) is 0 Å². The zero-order valence-electron chi connectivity index (χ0n) is 13.9. The maximum absolute atomic E-state index is 12.5. The highest BCUT2D eigenvalue weighted by Gasteiger charge is 2.16. The summed E-state index contributed by atoms with van der Waals surface area (Å²) in [6.07, 6.45) is 1.61. The molecule has 2 aromatic carbocycles. The molecule has 0 aliphatic carbocycles. The molecule has 0 aliphatic rings. The number of hydrogen-bond acceptors (Lipinski definition) is 3. The van der Waals surface area contributed by atoms with Gasteiger partial charge in [-0.3, -0.25) is 9.59 Å². The van der Waals surface area contributed by atoms with E-state index in [2.05, 4.69) is 13.0 Å². The zero-order chi connectivity index (χ0) is 16.8. The molecule has 0 spiro atoms. The van der Waals surface area contributed by atoms with Crippen LogP contribution in [0.2, 0.25) is 0 Å². The molecule has 0 aliphatic heterocycles. The lowest BCUT2D eigenvalue weighted by Gasteiger charge is -2.09. The van der Waals surface area contributed by atoms with E-state index in [0.717, 1.165) is 18.4 Å². The van der Waals surface area contributed by atoms with E-state index >= 15 is 0 Å². The molecule has 0 amide bonds. The Balaban J connectivity index is 2.16. The summed E-state index contributed by atoms with van der Waals surface area (Å²) >= 11 is 0. The molecule has 0 saturated heterocycles. The first-order valence-corrected chi connectivity index (χ1v) is 7.91. The third-order valence-corrected chi connectivity index (χ3v) is 3.99. The van der Waals surface area contributed by atoms with Crippen LogP contribution in [-0.4, -0.2) is 18.7 Å². The quantitative estimate of drug-likeness (QED) is 0.566. The van der Waals surface area contributed by atoms with Crippen molar-refractivity contribution in [3.05, 3.63) is 64.7 Å². The van der Waals surface area contributed by atoms with E-state index in [1.54, 1.807) is 31.4 Å². The van der Waals surface area contributed by atoms with Crippen molar-refractivity contribution in [3.8, 4) is 5.75 Å². The van der Waals surface area contributed by atoms with Crippen LogP contribution >= 0.6 is 0 Å². The number of hydrogen-bond donors (Lipinski definition) is 0. The van der Waals surface area contributed by atoms with E-state index in [9.17, 15) is 9.59 Å². The van der Waals surface area contributed by atoms with Crippen LogP contribution in [0.15, 0.2) is 42.5 Å². The topological polar surface area (TPSA) is 43.4 Å². The summed E-state index contributed by atoms with van der Waals surface area (Å²) in [4.78, 5) is 24.8. The van der Waals surface area contributed by atoms with Crippen molar-refractivity contribution in [2.24, 2.45) is 0 Å². The summed E-state index contributed by atoms with van der Waals surface area (Å²) in [5.74, 6) is 0.404. The van der Waals surface area contributed by atoms with Crippen LogP contribution in [0.25, 0.3) is 0 Å². The van der Waals surface area contributed by atoms with Gasteiger partial charge in [-0.1, -0.05) is 32.0 Å². The Kier molecular flexibility index (Phi) is 5.69. The number of ether oxygens (including phenoxy) is 1.